The van der Waals surface area contributed by atoms with Crippen LogP contribution in [0.15, 0.2) is 58.1 Å². The molecule has 0 unspecified atom stereocenters. The Morgan fingerprint density at radius 2 is 1.76 bits per heavy atom. The van der Waals surface area contributed by atoms with Crippen LogP contribution in [0.25, 0.3) is 0 Å². The first kappa shape index (κ1) is 15.3. The Balaban J connectivity index is 2.32. The largest absolute Gasteiger partial charge is 0.377 e. The molecule has 0 amide bonds. The molecule has 0 heterocycles. The van der Waals surface area contributed by atoms with Gasteiger partial charge in [0.15, 0.2) is 0 Å². The number of anilines is 1. The maximum Gasteiger partial charge on any atom is 0.0641 e. The molecule has 0 N–H and O–H groups in total. The predicted molar refractivity (Wildman–Crippen MR) is 93.9 cm³/mol. The summed E-state index contributed by atoms with van der Waals surface area (Å²) in [4.78, 5) is 6.86. The van der Waals surface area contributed by atoms with Gasteiger partial charge in [-0.1, -0.05) is 11.6 Å². The van der Waals surface area contributed by atoms with Crippen LogP contribution in [0, 0.1) is 6.92 Å². The molecule has 0 atom stereocenters. The van der Waals surface area contributed by atoms with E-state index in [4.69, 9.17) is 4.99 Å². The second-order valence-corrected chi connectivity index (χ2v) is 5.98. The summed E-state index contributed by atoms with van der Waals surface area (Å²) in [6, 6.07) is 6.33. The van der Waals surface area contributed by atoms with Crippen molar-refractivity contribution < 1.29 is 0 Å². The van der Waals surface area contributed by atoms with Gasteiger partial charge in [-0.15, -0.1) is 0 Å². The molecule has 2 rings (SSSR count). The van der Waals surface area contributed by atoms with Crippen molar-refractivity contribution in [3.8, 4) is 0 Å². The molecule has 0 spiro atoms. The average Bonchev–Trinajstić information content (AvgIpc) is 2.37. The summed E-state index contributed by atoms with van der Waals surface area (Å²) in [6.07, 6.45) is 6.40. The minimum Gasteiger partial charge on any atom is -0.377 e. The Hall–Kier alpha value is -2.09. The fraction of sp³-hybridized carbons (Fsp3) is 0.316. The van der Waals surface area contributed by atoms with Crippen molar-refractivity contribution in [2.45, 2.75) is 27.7 Å². The highest BCUT2D eigenvalue weighted by molar-refractivity contribution is 6.08. The van der Waals surface area contributed by atoms with Gasteiger partial charge in [0.25, 0.3) is 0 Å². The van der Waals surface area contributed by atoms with Crippen LogP contribution in [-0.4, -0.2) is 19.8 Å². The average molecular weight is 280 g/mol. The first-order valence-corrected chi connectivity index (χ1v) is 7.29. The maximum atomic E-state index is 4.74. The Labute approximate surface area is 128 Å². The molecule has 0 fully saturated rings. The lowest BCUT2D eigenvalue weighted by molar-refractivity contribution is 1.11. The van der Waals surface area contributed by atoms with Gasteiger partial charge in [-0.3, -0.25) is 0 Å². The van der Waals surface area contributed by atoms with Gasteiger partial charge in [0.2, 0.25) is 0 Å². The van der Waals surface area contributed by atoms with E-state index < -0.39 is 0 Å². The summed E-state index contributed by atoms with van der Waals surface area (Å²) in [5, 5.41) is 0. The van der Waals surface area contributed by atoms with E-state index in [1.54, 1.807) is 0 Å². The molecule has 110 valence electrons. The molecule has 1 aromatic rings. The standard InChI is InChI=1S/C19H24N2/c1-13(2)18-9-7-16(11-14(18)3)20-17-8-10-19(21(5)6)15(4)12-17/h7-12H,1-6H3. The predicted octanol–water partition coefficient (Wildman–Crippen LogP) is 4.99. The highest BCUT2D eigenvalue weighted by Crippen LogP contribution is 2.25. The van der Waals surface area contributed by atoms with Crippen molar-refractivity contribution in [1.82, 2.24) is 0 Å². The van der Waals surface area contributed by atoms with E-state index in [1.165, 1.54) is 28.0 Å². The molecule has 0 radical (unpaired) electrons. The van der Waals surface area contributed by atoms with Crippen LogP contribution < -0.4 is 4.90 Å². The van der Waals surface area contributed by atoms with Crippen molar-refractivity contribution in [3.05, 3.63) is 58.7 Å². The highest BCUT2D eigenvalue weighted by atomic mass is 15.1. The summed E-state index contributed by atoms with van der Waals surface area (Å²) in [6.45, 7) is 8.55. The van der Waals surface area contributed by atoms with Gasteiger partial charge >= 0.3 is 0 Å². The normalized spacial score (nSPS) is 16.2. The lowest BCUT2D eigenvalue weighted by Crippen LogP contribution is -2.09. The molecule has 0 aromatic heterocycles. The van der Waals surface area contributed by atoms with E-state index in [2.05, 4.69) is 83.1 Å². The lowest BCUT2D eigenvalue weighted by Gasteiger charge is -2.16. The minimum atomic E-state index is 1.00. The molecular formula is C19H24N2. The van der Waals surface area contributed by atoms with Gasteiger partial charge in [-0.25, -0.2) is 4.99 Å². The van der Waals surface area contributed by atoms with Gasteiger partial charge in [0.1, 0.15) is 0 Å². The van der Waals surface area contributed by atoms with E-state index >= 15 is 0 Å². The van der Waals surface area contributed by atoms with Gasteiger partial charge in [0.05, 0.1) is 11.4 Å². The Kier molecular flexibility index (Phi) is 4.46. The molecule has 0 bridgehead atoms. The van der Waals surface area contributed by atoms with Gasteiger partial charge in [-0.05, 0) is 74.8 Å². The fourth-order valence-electron chi connectivity index (χ4n) is 2.64. The van der Waals surface area contributed by atoms with Crippen LogP contribution >= 0.6 is 0 Å². The van der Waals surface area contributed by atoms with Crippen LogP contribution in [0.5, 0.6) is 0 Å². The Morgan fingerprint density at radius 3 is 2.29 bits per heavy atom. The maximum absolute atomic E-state index is 4.74. The summed E-state index contributed by atoms with van der Waals surface area (Å²) >= 11 is 0. The molecule has 1 aliphatic rings. The zero-order valence-corrected chi connectivity index (χ0v) is 13.9. The van der Waals surface area contributed by atoms with Gasteiger partial charge in [0, 0.05) is 19.8 Å². The van der Waals surface area contributed by atoms with Crippen LogP contribution in [0.4, 0.5) is 11.4 Å². The number of aliphatic imine (C=N–C) groups is 1. The van der Waals surface area contributed by atoms with Gasteiger partial charge in [-0.2, -0.15) is 0 Å². The molecule has 2 heteroatoms. The summed E-state index contributed by atoms with van der Waals surface area (Å²) in [5.41, 5.74) is 8.41. The number of nitrogens with zero attached hydrogens (tertiary/aromatic N) is 2. The zero-order valence-electron chi connectivity index (χ0n) is 13.9. The molecule has 1 aromatic carbocycles. The van der Waals surface area contributed by atoms with Crippen molar-refractivity contribution in [2.75, 3.05) is 19.0 Å². The van der Waals surface area contributed by atoms with Crippen molar-refractivity contribution in [3.63, 3.8) is 0 Å². The van der Waals surface area contributed by atoms with Gasteiger partial charge < -0.3 is 4.90 Å². The SMILES string of the molecule is CC1=CC(=Nc2ccc(N(C)C)c(C)c2)C=CC1=C(C)C. The smallest absolute Gasteiger partial charge is 0.0641 e. The second kappa shape index (κ2) is 6.13. The number of aryl methyl sites for hydroxylation is 1. The van der Waals surface area contributed by atoms with E-state index in [0.29, 0.717) is 0 Å². The third kappa shape index (κ3) is 3.52. The monoisotopic (exact) mass is 280 g/mol. The lowest BCUT2D eigenvalue weighted by atomic mass is 9.96. The van der Waals surface area contributed by atoms with E-state index in [-0.39, 0.29) is 0 Å². The number of benzene rings is 1. The van der Waals surface area contributed by atoms with Crippen LogP contribution in [0.2, 0.25) is 0 Å². The molecule has 0 saturated heterocycles. The summed E-state index contributed by atoms with van der Waals surface area (Å²) < 4.78 is 0. The second-order valence-electron chi connectivity index (χ2n) is 5.98. The van der Waals surface area contributed by atoms with E-state index in [9.17, 15) is 0 Å². The molecule has 2 nitrogen and oxygen atoms in total. The first-order chi connectivity index (χ1) is 9.88. The molecule has 0 aliphatic heterocycles. The zero-order chi connectivity index (χ0) is 15.6. The molecular weight excluding hydrogens is 256 g/mol. The number of rotatable bonds is 2. The highest BCUT2D eigenvalue weighted by Gasteiger charge is 2.07. The van der Waals surface area contributed by atoms with E-state index in [0.717, 1.165) is 11.4 Å². The Bertz CT molecular complexity index is 667. The molecule has 1 aliphatic carbocycles. The molecule has 0 saturated carbocycles. The molecule has 21 heavy (non-hydrogen) atoms. The first-order valence-electron chi connectivity index (χ1n) is 7.29. The van der Waals surface area contributed by atoms with Crippen LogP contribution in [-0.2, 0) is 0 Å². The quantitative estimate of drug-likeness (QED) is 0.745. The number of hydrogen-bond donors (Lipinski definition) is 0. The van der Waals surface area contributed by atoms with Crippen LogP contribution in [0.1, 0.15) is 26.3 Å². The van der Waals surface area contributed by atoms with Crippen molar-refractivity contribution in [1.29, 1.82) is 0 Å². The summed E-state index contributed by atoms with van der Waals surface area (Å²) in [7, 11) is 4.12. The van der Waals surface area contributed by atoms with E-state index in [1.807, 2.05) is 0 Å². The minimum absolute atomic E-state index is 1.00. The third-order valence-corrected chi connectivity index (χ3v) is 3.67. The number of hydrogen-bond acceptors (Lipinski definition) is 2. The van der Waals surface area contributed by atoms with Crippen molar-refractivity contribution in [2.24, 2.45) is 4.99 Å². The van der Waals surface area contributed by atoms with Crippen molar-refractivity contribution >= 4 is 17.1 Å². The summed E-state index contributed by atoms with van der Waals surface area (Å²) in [5.74, 6) is 0. The Morgan fingerprint density at radius 1 is 1.05 bits per heavy atom. The third-order valence-electron chi connectivity index (χ3n) is 3.67. The topological polar surface area (TPSA) is 15.6 Å². The van der Waals surface area contributed by atoms with Crippen LogP contribution in [0.3, 0.4) is 0 Å². The fourth-order valence-corrected chi connectivity index (χ4v) is 2.64. The number of allylic oxidation sites excluding steroid dienone is 6.